The standard InChI is InChI=1S/C10H17N3O2.C2H6/c1-8(14)12-4-2-10(3-5-12)6-13(7-10)9(11)15;1-2/h2-7H2,1H3,(H2,11,15);1-2H3. The van der Waals surface area contributed by atoms with Crippen LogP contribution in [-0.2, 0) is 4.79 Å². The van der Waals surface area contributed by atoms with Crippen molar-refractivity contribution in [2.75, 3.05) is 26.2 Å². The van der Waals surface area contributed by atoms with Gasteiger partial charge in [0.1, 0.15) is 0 Å². The zero-order valence-corrected chi connectivity index (χ0v) is 11.0. The average molecular weight is 241 g/mol. The number of likely N-dealkylation sites (tertiary alicyclic amines) is 2. The van der Waals surface area contributed by atoms with Gasteiger partial charge in [-0.25, -0.2) is 4.79 Å². The highest BCUT2D eigenvalue weighted by Gasteiger charge is 2.46. The van der Waals surface area contributed by atoms with Crippen LogP contribution < -0.4 is 5.73 Å². The number of primary amides is 1. The number of carbonyl (C=O) groups excluding carboxylic acids is 2. The van der Waals surface area contributed by atoms with E-state index in [2.05, 4.69) is 0 Å². The Morgan fingerprint density at radius 3 is 1.88 bits per heavy atom. The first-order valence-electron chi connectivity index (χ1n) is 6.32. The summed E-state index contributed by atoms with van der Waals surface area (Å²) in [4.78, 5) is 25.5. The molecule has 0 radical (unpaired) electrons. The molecule has 2 fully saturated rings. The number of hydrogen-bond acceptors (Lipinski definition) is 2. The molecule has 0 aromatic carbocycles. The Balaban J connectivity index is 0.000000686. The summed E-state index contributed by atoms with van der Waals surface area (Å²) in [5.74, 6) is 0.149. The van der Waals surface area contributed by atoms with E-state index in [4.69, 9.17) is 5.73 Å². The second kappa shape index (κ2) is 5.38. The van der Waals surface area contributed by atoms with Crippen molar-refractivity contribution in [3.63, 3.8) is 0 Å². The molecule has 5 heteroatoms. The average Bonchev–Trinajstić information content (AvgIpc) is 2.28. The number of rotatable bonds is 0. The fourth-order valence-corrected chi connectivity index (χ4v) is 2.53. The van der Waals surface area contributed by atoms with Gasteiger partial charge >= 0.3 is 6.03 Å². The van der Waals surface area contributed by atoms with E-state index in [1.54, 1.807) is 11.8 Å². The minimum atomic E-state index is -0.324. The largest absolute Gasteiger partial charge is 0.351 e. The lowest BCUT2D eigenvalue weighted by Crippen LogP contribution is -2.63. The number of urea groups is 1. The number of nitrogens with two attached hydrogens (primary N) is 1. The lowest BCUT2D eigenvalue weighted by Gasteiger charge is -2.53. The molecular formula is C12H23N3O2. The molecule has 98 valence electrons. The summed E-state index contributed by atoms with van der Waals surface area (Å²) in [5, 5.41) is 0. The predicted molar refractivity (Wildman–Crippen MR) is 66.4 cm³/mol. The third-order valence-corrected chi connectivity index (χ3v) is 3.63. The van der Waals surface area contributed by atoms with Crippen molar-refractivity contribution in [1.82, 2.24) is 9.80 Å². The summed E-state index contributed by atoms with van der Waals surface area (Å²) in [5.41, 5.74) is 5.44. The van der Waals surface area contributed by atoms with Gasteiger partial charge in [0.2, 0.25) is 5.91 Å². The molecule has 0 aromatic rings. The summed E-state index contributed by atoms with van der Waals surface area (Å²) in [6.07, 6.45) is 1.99. The molecule has 0 unspecified atom stereocenters. The van der Waals surface area contributed by atoms with E-state index in [0.29, 0.717) is 0 Å². The smallest absolute Gasteiger partial charge is 0.314 e. The molecule has 2 saturated heterocycles. The number of hydrogen-bond donors (Lipinski definition) is 1. The summed E-state index contributed by atoms with van der Waals surface area (Å²) >= 11 is 0. The van der Waals surface area contributed by atoms with Crippen LogP contribution in [0.5, 0.6) is 0 Å². The third-order valence-electron chi connectivity index (χ3n) is 3.63. The zero-order chi connectivity index (χ0) is 13.1. The first-order chi connectivity index (χ1) is 8.02. The molecule has 0 aromatic heterocycles. The molecule has 0 bridgehead atoms. The van der Waals surface area contributed by atoms with Crippen LogP contribution in [0.25, 0.3) is 0 Å². The van der Waals surface area contributed by atoms with Crippen molar-refractivity contribution >= 4 is 11.9 Å². The molecule has 2 heterocycles. The monoisotopic (exact) mass is 241 g/mol. The van der Waals surface area contributed by atoms with Crippen LogP contribution in [0, 0.1) is 5.41 Å². The number of nitrogens with zero attached hydrogens (tertiary/aromatic N) is 2. The maximum atomic E-state index is 11.1. The SMILES string of the molecule is CC.CC(=O)N1CCC2(CC1)CN(C(N)=O)C2. The van der Waals surface area contributed by atoms with Crippen molar-refractivity contribution in [2.24, 2.45) is 11.1 Å². The second-order valence-corrected chi connectivity index (χ2v) is 4.70. The molecule has 0 atom stereocenters. The van der Waals surface area contributed by atoms with Gasteiger partial charge in [0.05, 0.1) is 0 Å². The highest BCUT2D eigenvalue weighted by molar-refractivity contribution is 5.74. The molecule has 2 aliphatic heterocycles. The summed E-state index contributed by atoms with van der Waals surface area (Å²) in [6.45, 7) is 8.79. The quantitative estimate of drug-likeness (QED) is 0.688. The minimum absolute atomic E-state index is 0.149. The molecule has 0 saturated carbocycles. The van der Waals surface area contributed by atoms with Gasteiger partial charge in [0.15, 0.2) is 0 Å². The Labute approximate surface area is 103 Å². The van der Waals surface area contributed by atoms with Gasteiger partial charge < -0.3 is 15.5 Å². The minimum Gasteiger partial charge on any atom is -0.351 e. The summed E-state index contributed by atoms with van der Waals surface area (Å²) in [7, 11) is 0. The predicted octanol–water partition coefficient (Wildman–Crippen LogP) is 1.04. The molecule has 0 aliphatic carbocycles. The lowest BCUT2D eigenvalue weighted by atomic mass is 9.72. The van der Waals surface area contributed by atoms with E-state index in [9.17, 15) is 9.59 Å². The van der Waals surface area contributed by atoms with E-state index >= 15 is 0 Å². The number of amides is 3. The second-order valence-electron chi connectivity index (χ2n) is 4.70. The van der Waals surface area contributed by atoms with Crippen LogP contribution in [0.3, 0.4) is 0 Å². The van der Waals surface area contributed by atoms with E-state index in [1.165, 1.54) is 0 Å². The first kappa shape index (κ1) is 13.8. The van der Waals surface area contributed by atoms with E-state index in [0.717, 1.165) is 39.0 Å². The van der Waals surface area contributed by atoms with Crippen LogP contribution in [0.4, 0.5) is 4.79 Å². The topological polar surface area (TPSA) is 66.6 Å². The van der Waals surface area contributed by atoms with Crippen molar-refractivity contribution < 1.29 is 9.59 Å². The van der Waals surface area contributed by atoms with Gasteiger partial charge in [-0.15, -0.1) is 0 Å². The van der Waals surface area contributed by atoms with E-state index < -0.39 is 0 Å². The molecule has 2 aliphatic rings. The molecule has 2 N–H and O–H groups in total. The Hall–Kier alpha value is -1.26. The Bertz CT molecular complexity index is 288. The third kappa shape index (κ3) is 2.90. The Morgan fingerprint density at radius 2 is 1.53 bits per heavy atom. The van der Waals surface area contributed by atoms with Crippen LogP contribution in [0.15, 0.2) is 0 Å². The highest BCUT2D eigenvalue weighted by Crippen LogP contribution is 2.40. The van der Waals surface area contributed by atoms with Gasteiger partial charge in [-0.1, -0.05) is 13.8 Å². The zero-order valence-electron chi connectivity index (χ0n) is 11.0. The van der Waals surface area contributed by atoms with Crippen molar-refractivity contribution in [1.29, 1.82) is 0 Å². The van der Waals surface area contributed by atoms with Gasteiger partial charge in [-0.05, 0) is 12.8 Å². The van der Waals surface area contributed by atoms with Gasteiger partial charge in [0.25, 0.3) is 0 Å². The first-order valence-corrected chi connectivity index (χ1v) is 6.32. The Kier molecular flexibility index (Phi) is 4.37. The highest BCUT2D eigenvalue weighted by atomic mass is 16.2. The molecule has 1 spiro atoms. The normalized spacial score (nSPS) is 21.4. The van der Waals surface area contributed by atoms with Crippen molar-refractivity contribution in [3.8, 4) is 0 Å². The van der Waals surface area contributed by atoms with Gasteiger partial charge in [0, 0.05) is 38.5 Å². The van der Waals surface area contributed by atoms with Crippen LogP contribution >= 0.6 is 0 Å². The van der Waals surface area contributed by atoms with Crippen LogP contribution in [0.1, 0.15) is 33.6 Å². The maximum absolute atomic E-state index is 11.1. The van der Waals surface area contributed by atoms with Gasteiger partial charge in [-0.2, -0.15) is 0 Å². The number of carbonyl (C=O) groups is 2. The van der Waals surface area contributed by atoms with Crippen LogP contribution in [-0.4, -0.2) is 47.9 Å². The maximum Gasteiger partial charge on any atom is 0.314 e. The fourth-order valence-electron chi connectivity index (χ4n) is 2.53. The summed E-state index contributed by atoms with van der Waals surface area (Å²) < 4.78 is 0. The van der Waals surface area contributed by atoms with Crippen molar-refractivity contribution in [3.05, 3.63) is 0 Å². The van der Waals surface area contributed by atoms with Crippen molar-refractivity contribution in [2.45, 2.75) is 33.6 Å². The molecule has 2 rings (SSSR count). The molecule has 3 amide bonds. The summed E-state index contributed by atoms with van der Waals surface area (Å²) in [6, 6.07) is -0.324. The Morgan fingerprint density at radius 1 is 1.06 bits per heavy atom. The number of piperidine rings is 1. The van der Waals surface area contributed by atoms with E-state index in [-0.39, 0.29) is 17.4 Å². The van der Waals surface area contributed by atoms with Gasteiger partial charge in [-0.3, -0.25) is 4.79 Å². The fraction of sp³-hybridized carbons (Fsp3) is 0.833. The molecular weight excluding hydrogens is 218 g/mol. The van der Waals surface area contributed by atoms with E-state index in [1.807, 2.05) is 18.7 Å². The molecule has 17 heavy (non-hydrogen) atoms. The molecule has 5 nitrogen and oxygen atoms in total. The lowest BCUT2D eigenvalue weighted by molar-refractivity contribution is -0.133. The van der Waals surface area contributed by atoms with Crippen LogP contribution in [0.2, 0.25) is 0 Å².